The van der Waals surface area contributed by atoms with E-state index in [1.807, 2.05) is 12.1 Å². The maximum atomic E-state index is 11.0. The molecule has 2 rings (SSSR count). The molecule has 0 atom stereocenters. The number of nitriles is 1. The molecular weight excluding hydrogens is 330 g/mol. The fourth-order valence-corrected chi connectivity index (χ4v) is 2.18. The van der Waals surface area contributed by atoms with E-state index in [2.05, 4.69) is 0 Å². The third-order valence-corrected chi connectivity index (χ3v) is 3.39. The van der Waals surface area contributed by atoms with Crippen molar-refractivity contribution in [3.05, 3.63) is 64.2 Å². The number of hydrogen-bond donors (Lipinski definition) is 1. The molecular formula is C18H14ClNO4. The zero-order chi connectivity index (χ0) is 17.5. The number of carboxylic acids is 1. The van der Waals surface area contributed by atoms with Crippen LogP contribution in [-0.2, 0) is 11.4 Å². The molecule has 24 heavy (non-hydrogen) atoms. The highest BCUT2D eigenvalue weighted by Crippen LogP contribution is 2.28. The summed E-state index contributed by atoms with van der Waals surface area (Å²) in [6, 6.07) is 13.8. The molecule has 0 spiro atoms. The van der Waals surface area contributed by atoms with E-state index in [0.29, 0.717) is 22.1 Å². The van der Waals surface area contributed by atoms with Gasteiger partial charge in [0.05, 0.1) is 7.11 Å². The van der Waals surface area contributed by atoms with Crippen LogP contribution >= 0.6 is 11.6 Å². The van der Waals surface area contributed by atoms with Gasteiger partial charge in [-0.15, -0.1) is 0 Å². The zero-order valence-corrected chi connectivity index (χ0v) is 13.6. The van der Waals surface area contributed by atoms with E-state index in [-0.39, 0.29) is 12.2 Å². The third-order valence-electron chi connectivity index (χ3n) is 3.15. The first-order valence-electron chi connectivity index (χ1n) is 6.94. The summed E-state index contributed by atoms with van der Waals surface area (Å²) in [5.74, 6) is -0.334. The lowest BCUT2D eigenvalue weighted by molar-refractivity contribution is -0.132. The molecule has 2 aromatic carbocycles. The lowest BCUT2D eigenvalue weighted by atomic mass is 10.1. The largest absolute Gasteiger partial charge is 0.497 e. The number of ether oxygens (including phenoxy) is 2. The molecule has 1 N–H and O–H groups in total. The fraction of sp³-hybridized carbons (Fsp3) is 0.111. The van der Waals surface area contributed by atoms with E-state index in [0.717, 1.165) is 5.56 Å². The van der Waals surface area contributed by atoms with Crippen LogP contribution in [0.4, 0.5) is 0 Å². The number of hydrogen-bond acceptors (Lipinski definition) is 4. The predicted molar refractivity (Wildman–Crippen MR) is 90.0 cm³/mol. The second-order valence-electron chi connectivity index (χ2n) is 4.80. The van der Waals surface area contributed by atoms with Crippen LogP contribution in [0.15, 0.2) is 48.0 Å². The SMILES string of the molecule is COc1ccc(C=C(C#N)C(=O)O)c(OCc2cccc(Cl)c2)c1. The highest BCUT2D eigenvalue weighted by molar-refractivity contribution is 6.30. The summed E-state index contributed by atoms with van der Waals surface area (Å²) in [4.78, 5) is 11.0. The van der Waals surface area contributed by atoms with Crippen LogP contribution in [-0.4, -0.2) is 18.2 Å². The molecule has 0 aliphatic carbocycles. The average Bonchev–Trinajstić information content (AvgIpc) is 2.58. The number of halogens is 1. The molecule has 0 saturated heterocycles. The highest BCUT2D eigenvalue weighted by atomic mass is 35.5. The van der Waals surface area contributed by atoms with Crippen molar-refractivity contribution in [1.29, 1.82) is 5.26 Å². The Kier molecular flexibility index (Phi) is 5.83. The summed E-state index contributed by atoms with van der Waals surface area (Å²) in [6.07, 6.45) is 1.26. The molecule has 0 amide bonds. The van der Waals surface area contributed by atoms with E-state index in [9.17, 15) is 4.79 Å². The zero-order valence-electron chi connectivity index (χ0n) is 12.8. The molecule has 0 heterocycles. The van der Waals surface area contributed by atoms with Gasteiger partial charge in [0.2, 0.25) is 0 Å². The molecule has 6 heteroatoms. The Morgan fingerprint density at radius 2 is 2.12 bits per heavy atom. The number of aliphatic carboxylic acids is 1. The van der Waals surface area contributed by atoms with Crippen molar-refractivity contribution >= 4 is 23.6 Å². The Hall–Kier alpha value is -2.97. The second-order valence-corrected chi connectivity index (χ2v) is 5.23. The minimum Gasteiger partial charge on any atom is -0.497 e. The van der Waals surface area contributed by atoms with Crippen molar-refractivity contribution in [2.75, 3.05) is 7.11 Å². The summed E-state index contributed by atoms with van der Waals surface area (Å²) >= 11 is 5.94. The molecule has 0 aliphatic rings. The van der Waals surface area contributed by atoms with Gasteiger partial charge in [-0.05, 0) is 35.9 Å². The standard InChI is InChI=1S/C18H14ClNO4/c1-23-16-6-5-13(8-14(10-20)18(21)22)17(9-16)24-11-12-3-2-4-15(19)7-12/h2-9H,11H2,1H3,(H,21,22). The van der Waals surface area contributed by atoms with Gasteiger partial charge in [-0.3, -0.25) is 0 Å². The van der Waals surface area contributed by atoms with Gasteiger partial charge in [-0.2, -0.15) is 5.26 Å². The molecule has 122 valence electrons. The Bertz CT molecular complexity index is 824. The number of benzene rings is 2. The average molecular weight is 344 g/mol. The summed E-state index contributed by atoms with van der Waals surface area (Å²) < 4.78 is 10.9. The maximum absolute atomic E-state index is 11.0. The third kappa shape index (κ3) is 4.51. The van der Waals surface area contributed by atoms with Crippen LogP contribution in [0.25, 0.3) is 6.08 Å². The topological polar surface area (TPSA) is 79.5 Å². The molecule has 0 unspecified atom stereocenters. The number of rotatable bonds is 6. The van der Waals surface area contributed by atoms with E-state index in [4.69, 9.17) is 31.4 Å². The molecule has 0 fully saturated rings. The van der Waals surface area contributed by atoms with Crippen LogP contribution in [0.5, 0.6) is 11.5 Å². The van der Waals surface area contributed by atoms with Crippen LogP contribution < -0.4 is 9.47 Å². The van der Waals surface area contributed by atoms with Crippen LogP contribution in [0, 0.1) is 11.3 Å². The van der Waals surface area contributed by atoms with Gasteiger partial charge in [-0.1, -0.05) is 23.7 Å². The molecule has 2 aromatic rings. The summed E-state index contributed by atoms with van der Waals surface area (Å²) in [5, 5.41) is 18.5. The number of methoxy groups -OCH3 is 1. The van der Waals surface area contributed by atoms with E-state index in [1.54, 1.807) is 36.4 Å². The van der Waals surface area contributed by atoms with Crippen LogP contribution in [0.3, 0.4) is 0 Å². The first-order valence-corrected chi connectivity index (χ1v) is 7.31. The van der Waals surface area contributed by atoms with Gasteiger partial charge < -0.3 is 14.6 Å². The summed E-state index contributed by atoms with van der Waals surface area (Å²) in [7, 11) is 1.52. The normalized spacial score (nSPS) is 10.8. The fourth-order valence-electron chi connectivity index (χ4n) is 1.97. The number of nitrogens with zero attached hydrogens (tertiary/aromatic N) is 1. The Balaban J connectivity index is 2.32. The molecule has 5 nitrogen and oxygen atoms in total. The van der Waals surface area contributed by atoms with Crippen molar-refractivity contribution in [1.82, 2.24) is 0 Å². The Morgan fingerprint density at radius 3 is 2.75 bits per heavy atom. The monoisotopic (exact) mass is 343 g/mol. The van der Waals surface area contributed by atoms with Crippen LogP contribution in [0.1, 0.15) is 11.1 Å². The summed E-state index contributed by atoms with van der Waals surface area (Å²) in [5.41, 5.74) is 0.948. The lowest BCUT2D eigenvalue weighted by Crippen LogP contribution is -2.00. The van der Waals surface area contributed by atoms with Crippen molar-refractivity contribution in [3.63, 3.8) is 0 Å². The van der Waals surface area contributed by atoms with Gasteiger partial charge in [-0.25, -0.2) is 4.79 Å². The lowest BCUT2D eigenvalue weighted by Gasteiger charge is -2.11. The number of carboxylic acid groups (broad SMARTS) is 1. The number of carbonyl (C=O) groups is 1. The highest BCUT2D eigenvalue weighted by Gasteiger charge is 2.10. The molecule has 0 bridgehead atoms. The van der Waals surface area contributed by atoms with Gasteiger partial charge in [0, 0.05) is 16.7 Å². The van der Waals surface area contributed by atoms with Gasteiger partial charge >= 0.3 is 5.97 Å². The maximum Gasteiger partial charge on any atom is 0.346 e. The van der Waals surface area contributed by atoms with Crippen molar-refractivity contribution in [2.45, 2.75) is 6.61 Å². The van der Waals surface area contributed by atoms with Gasteiger partial charge in [0.1, 0.15) is 29.7 Å². The minimum absolute atomic E-state index is 0.240. The first-order chi connectivity index (χ1) is 11.5. The molecule has 0 radical (unpaired) electrons. The smallest absolute Gasteiger partial charge is 0.346 e. The Labute approximate surface area is 144 Å². The van der Waals surface area contributed by atoms with Crippen molar-refractivity contribution in [3.8, 4) is 17.6 Å². The van der Waals surface area contributed by atoms with Crippen LogP contribution in [0.2, 0.25) is 5.02 Å². The van der Waals surface area contributed by atoms with Gasteiger partial charge in [0.25, 0.3) is 0 Å². The predicted octanol–water partition coefficient (Wildman–Crippen LogP) is 3.92. The quantitative estimate of drug-likeness (QED) is 0.635. The second kappa shape index (κ2) is 8.04. The minimum atomic E-state index is -1.30. The molecule has 0 aromatic heterocycles. The van der Waals surface area contributed by atoms with E-state index in [1.165, 1.54) is 13.2 Å². The van der Waals surface area contributed by atoms with E-state index >= 15 is 0 Å². The van der Waals surface area contributed by atoms with Crippen molar-refractivity contribution < 1.29 is 19.4 Å². The van der Waals surface area contributed by atoms with Gasteiger partial charge in [0.15, 0.2) is 0 Å². The summed E-state index contributed by atoms with van der Waals surface area (Å²) in [6.45, 7) is 0.240. The Morgan fingerprint density at radius 1 is 1.33 bits per heavy atom. The van der Waals surface area contributed by atoms with Crippen molar-refractivity contribution in [2.24, 2.45) is 0 Å². The van der Waals surface area contributed by atoms with E-state index < -0.39 is 5.97 Å². The molecule has 0 aliphatic heterocycles. The first kappa shape index (κ1) is 17.4. The molecule has 0 saturated carbocycles.